The number of nitrogens with zero attached hydrogens (tertiary/aromatic N) is 3. The molecule has 1 aromatic heterocycles. The van der Waals surface area contributed by atoms with Crippen LogP contribution >= 0.6 is 0 Å². The zero-order valence-corrected chi connectivity index (χ0v) is 10.6. The number of hydrogen-bond donors (Lipinski definition) is 1. The van der Waals surface area contributed by atoms with Gasteiger partial charge in [-0.15, -0.1) is 0 Å². The van der Waals surface area contributed by atoms with E-state index in [1.807, 2.05) is 0 Å². The fourth-order valence-electron chi connectivity index (χ4n) is 1.49. The average molecular weight is 293 g/mol. The first-order valence-corrected chi connectivity index (χ1v) is 5.57. The number of aromatic carboxylic acids is 1. The number of nitro benzene ring substituents is 1. The molecule has 0 saturated heterocycles. The maximum Gasteiger partial charge on any atom is 0.339 e. The SMILES string of the molecule is Cc1nc(Oc2ccc([N+](=O)[O-])cc2F)ncc1C(=O)O. The molecule has 0 amide bonds. The zero-order chi connectivity index (χ0) is 15.6. The van der Waals surface area contributed by atoms with Crippen LogP contribution in [0.4, 0.5) is 10.1 Å². The Morgan fingerprint density at radius 3 is 2.71 bits per heavy atom. The lowest BCUT2D eigenvalue weighted by atomic mass is 10.2. The minimum atomic E-state index is -1.19. The number of halogens is 1. The minimum Gasteiger partial charge on any atom is -0.478 e. The van der Waals surface area contributed by atoms with Crippen LogP contribution in [0.3, 0.4) is 0 Å². The molecule has 1 N–H and O–H groups in total. The smallest absolute Gasteiger partial charge is 0.339 e. The molecule has 1 aromatic carbocycles. The molecule has 8 nitrogen and oxygen atoms in total. The average Bonchev–Trinajstić information content (AvgIpc) is 2.40. The monoisotopic (exact) mass is 293 g/mol. The summed E-state index contributed by atoms with van der Waals surface area (Å²) < 4.78 is 18.7. The quantitative estimate of drug-likeness (QED) is 0.679. The first-order valence-electron chi connectivity index (χ1n) is 5.57. The van der Waals surface area contributed by atoms with E-state index in [2.05, 4.69) is 9.97 Å². The summed E-state index contributed by atoms with van der Waals surface area (Å²) in [5, 5.41) is 19.3. The zero-order valence-electron chi connectivity index (χ0n) is 10.6. The van der Waals surface area contributed by atoms with Crippen LogP contribution in [0.1, 0.15) is 16.1 Å². The van der Waals surface area contributed by atoms with Crippen molar-refractivity contribution in [2.75, 3.05) is 0 Å². The summed E-state index contributed by atoms with van der Waals surface area (Å²) in [6, 6.07) is 2.58. The number of rotatable bonds is 4. The lowest BCUT2D eigenvalue weighted by Gasteiger charge is -2.06. The highest BCUT2D eigenvalue weighted by atomic mass is 19.1. The summed E-state index contributed by atoms with van der Waals surface area (Å²) in [5.41, 5.74) is -0.375. The molecule has 108 valence electrons. The van der Waals surface area contributed by atoms with Gasteiger partial charge in [0.25, 0.3) is 5.69 Å². The fraction of sp³-hybridized carbons (Fsp3) is 0.0833. The van der Waals surface area contributed by atoms with Crippen molar-refractivity contribution in [1.29, 1.82) is 0 Å². The molecule has 2 rings (SSSR count). The van der Waals surface area contributed by atoms with Gasteiger partial charge in [-0.3, -0.25) is 10.1 Å². The number of non-ortho nitro benzene ring substituents is 1. The van der Waals surface area contributed by atoms with E-state index < -0.39 is 22.4 Å². The van der Waals surface area contributed by atoms with Crippen LogP contribution in [0.25, 0.3) is 0 Å². The van der Waals surface area contributed by atoms with Gasteiger partial charge in [0.15, 0.2) is 11.6 Å². The van der Waals surface area contributed by atoms with Gasteiger partial charge in [-0.05, 0) is 13.0 Å². The number of carboxylic acid groups (broad SMARTS) is 1. The number of carboxylic acids is 1. The number of aromatic nitrogens is 2. The number of aryl methyl sites for hydroxylation is 1. The van der Waals surface area contributed by atoms with Gasteiger partial charge in [-0.1, -0.05) is 0 Å². The summed E-state index contributed by atoms with van der Waals surface area (Å²) in [7, 11) is 0. The summed E-state index contributed by atoms with van der Waals surface area (Å²) in [6.07, 6.45) is 1.03. The van der Waals surface area contributed by atoms with Crippen LogP contribution < -0.4 is 4.74 Å². The molecule has 9 heteroatoms. The largest absolute Gasteiger partial charge is 0.478 e. The van der Waals surface area contributed by atoms with Gasteiger partial charge in [-0.25, -0.2) is 14.2 Å². The summed E-state index contributed by atoms with van der Waals surface area (Å²) in [4.78, 5) is 28.0. The van der Waals surface area contributed by atoms with E-state index in [-0.39, 0.29) is 23.0 Å². The molecule has 0 radical (unpaired) electrons. The molecule has 0 atom stereocenters. The van der Waals surface area contributed by atoms with E-state index in [0.29, 0.717) is 6.07 Å². The Morgan fingerprint density at radius 1 is 1.48 bits per heavy atom. The van der Waals surface area contributed by atoms with Crippen molar-refractivity contribution < 1.29 is 24.0 Å². The van der Waals surface area contributed by atoms with Crippen molar-refractivity contribution in [2.24, 2.45) is 0 Å². The van der Waals surface area contributed by atoms with E-state index >= 15 is 0 Å². The number of carbonyl (C=O) groups is 1. The van der Waals surface area contributed by atoms with Crippen molar-refractivity contribution >= 4 is 11.7 Å². The molecule has 0 saturated carbocycles. The number of ether oxygens (including phenoxy) is 1. The third kappa shape index (κ3) is 3.08. The molecule has 0 aliphatic rings. The van der Waals surface area contributed by atoms with Crippen molar-refractivity contribution in [3.05, 3.63) is 51.6 Å². The van der Waals surface area contributed by atoms with Crippen LogP contribution in [-0.4, -0.2) is 26.0 Å². The van der Waals surface area contributed by atoms with Gasteiger partial charge in [0.2, 0.25) is 0 Å². The molecular formula is C12H8FN3O5. The van der Waals surface area contributed by atoms with Crippen LogP contribution in [-0.2, 0) is 0 Å². The van der Waals surface area contributed by atoms with Gasteiger partial charge >= 0.3 is 12.0 Å². The molecule has 0 aliphatic carbocycles. The Labute approximate surface area is 117 Å². The Balaban J connectivity index is 2.28. The molecule has 21 heavy (non-hydrogen) atoms. The first kappa shape index (κ1) is 14.3. The van der Waals surface area contributed by atoms with Gasteiger partial charge in [0.1, 0.15) is 0 Å². The van der Waals surface area contributed by atoms with E-state index in [1.165, 1.54) is 6.92 Å². The van der Waals surface area contributed by atoms with Crippen molar-refractivity contribution in [3.63, 3.8) is 0 Å². The molecule has 0 unspecified atom stereocenters. The molecule has 0 spiro atoms. The van der Waals surface area contributed by atoms with Crippen LogP contribution in [0.15, 0.2) is 24.4 Å². The summed E-state index contributed by atoms with van der Waals surface area (Å²) >= 11 is 0. The van der Waals surface area contributed by atoms with Crippen molar-refractivity contribution in [1.82, 2.24) is 9.97 Å². The third-order valence-corrected chi connectivity index (χ3v) is 2.52. The van der Waals surface area contributed by atoms with Gasteiger partial charge < -0.3 is 9.84 Å². The van der Waals surface area contributed by atoms with Crippen molar-refractivity contribution in [3.8, 4) is 11.8 Å². The standard InChI is InChI=1S/C12H8FN3O5/c1-6-8(11(17)18)5-14-12(15-6)21-10-3-2-7(16(19)20)4-9(10)13/h2-5H,1H3,(H,17,18). The maximum atomic E-state index is 13.6. The lowest BCUT2D eigenvalue weighted by Crippen LogP contribution is -2.04. The van der Waals surface area contributed by atoms with E-state index in [1.54, 1.807) is 0 Å². The number of benzene rings is 1. The van der Waals surface area contributed by atoms with Crippen LogP contribution in [0.5, 0.6) is 11.8 Å². The molecule has 1 heterocycles. The highest BCUT2D eigenvalue weighted by Crippen LogP contribution is 2.25. The third-order valence-electron chi connectivity index (χ3n) is 2.52. The highest BCUT2D eigenvalue weighted by Gasteiger charge is 2.15. The number of hydrogen-bond acceptors (Lipinski definition) is 6. The Morgan fingerprint density at radius 2 is 2.19 bits per heavy atom. The Hall–Kier alpha value is -3.10. The van der Waals surface area contributed by atoms with Gasteiger partial charge in [-0.2, -0.15) is 4.98 Å². The van der Waals surface area contributed by atoms with Crippen LogP contribution in [0, 0.1) is 22.9 Å². The minimum absolute atomic E-state index is 0.105. The first-order chi connectivity index (χ1) is 9.88. The van der Waals surface area contributed by atoms with E-state index in [0.717, 1.165) is 18.3 Å². The van der Waals surface area contributed by atoms with E-state index in [4.69, 9.17) is 9.84 Å². The summed E-state index contributed by atoms with van der Waals surface area (Å²) in [6.45, 7) is 1.43. The second kappa shape index (κ2) is 5.49. The second-order valence-corrected chi connectivity index (χ2v) is 3.93. The molecule has 0 fully saturated rings. The molecular weight excluding hydrogens is 285 g/mol. The second-order valence-electron chi connectivity index (χ2n) is 3.93. The topological polar surface area (TPSA) is 115 Å². The number of nitro groups is 1. The Bertz CT molecular complexity index is 735. The highest BCUT2D eigenvalue weighted by molar-refractivity contribution is 5.88. The van der Waals surface area contributed by atoms with E-state index in [9.17, 15) is 19.3 Å². The van der Waals surface area contributed by atoms with Crippen LogP contribution in [0.2, 0.25) is 0 Å². The molecule has 0 aliphatic heterocycles. The van der Waals surface area contributed by atoms with Crippen molar-refractivity contribution in [2.45, 2.75) is 6.92 Å². The molecule has 0 bridgehead atoms. The predicted molar refractivity (Wildman–Crippen MR) is 66.9 cm³/mol. The van der Waals surface area contributed by atoms with Gasteiger partial charge in [0.05, 0.1) is 22.2 Å². The lowest BCUT2D eigenvalue weighted by molar-refractivity contribution is -0.385. The van der Waals surface area contributed by atoms with Gasteiger partial charge in [0, 0.05) is 12.3 Å². The fourth-order valence-corrected chi connectivity index (χ4v) is 1.49. The predicted octanol–water partition coefficient (Wildman–Crippen LogP) is 2.32. The Kier molecular flexibility index (Phi) is 3.74. The maximum absolute atomic E-state index is 13.6. The normalized spacial score (nSPS) is 10.2. The summed E-state index contributed by atoms with van der Waals surface area (Å²) in [5.74, 6) is -2.45. The molecule has 2 aromatic rings.